The fourth-order valence-electron chi connectivity index (χ4n) is 3.16. The standard InChI is InChI=1S/C22H28BrN3O4S/c1-5-24-22(28)17(3)25(14-18-9-6-8-16(2)12-18)21(27)15-26(31(4,29)30)20-11-7-10-19(23)13-20/h6-13,17H,5,14-15H2,1-4H3,(H,24,28). The molecule has 0 saturated heterocycles. The molecule has 0 heterocycles. The molecule has 0 aliphatic rings. The third-order valence-corrected chi connectivity index (χ3v) is 6.36. The van der Waals surface area contributed by atoms with Crippen molar-refractivity contribution < 1.29 is 18.0 Å². The topological polar surface area (TPSA) is 86.8 Å². The molecule has 9 heteroatoms. The maximum atomic E-state index is 13.3. The first-order valence-electron chi connectivity index (χ1n) is 9.89. The minimum atomic E-state index is -3.73. The Morgan fingerprint density at radius 2 is 1.81 bits per heavy atom. The van der Waals surface area contributed by atoms with Crippen molar-refractivity contribution in [1.82, 2.24) is 10.2 Å². The highest BCUT2D eigenvalue weighted by molar-refractivity contribution is 9.10. The fourth-order valence-corrected chi connectivity index (χ4v) is 4.39. The summed E-state index contributed by atoms with van der Waals surface area (Å²) in [5.41, 5.74) is 2.26. The van der Waals surface area contributed by atoms with Gasteiger partial charge in [-0.15, -0.1) is 0 Å². The van der Waals surface area contributed by atoms with Gasteiger partial charge < -0.3 is 10.2 Å². The lowest BCUT2D eigenvalue weighted by Gasteiger charge is -2.31. The van der Waals surface area contributed by atoms with Crippen molar-refractivity contribution >= 4 is 43.5 Å². The van der Waals surface area contributed by atoms with E-state index in [2.05, 4.69) is 21.2 Å². The Labute approximate surface area is 192 Å². The van der Waals surface area contributed by atoms with Crippen LogP contribution in [0.3, 0.4) is 0 Å². The molecule has 2 aromatic carbocycles. The Kier molecular flexibility index (Phi) is 8.64. The van der Waals surface area contributed by atoms with Gasteiger partial charge in [-0.3, -0.25) is 13.9 Å². The van der Waals surface area contributed by atoms with Crippen LogP contribution < -0.4 is 9.62 Å². The summed E-state index contributed by atoms with van der Waals surface area (Å²) in [5, 5.41) is 2.73. The SMILES string of the molecule is CCNC(=O)C(C)N(Cc1cccc(C)c1)C(=O)CN(c1cccc(Br)c1)S(C)(=O)=O. The fraction of sp³-hybridized carbons (Fsp3) is 0.364. The lowest BCUT2D eigenvalue weighted by atomic mass is 10.1. The molecular weight excluding hydrogens is 482 g/mol. The number of rotatable bonds is 9. The van der Waals surface area contributed by atoms with Gasteiger partial charge in [-0.2, -0.15) is 0 Å². The van der Waals surface area contributed by atoms with Crippen LogP contribution in [-0.2, 0) is 26.2 Å². The van der Waals surface area contributed by atoms with Gasteiger partial charge in [-0.1, -0.05) is 51.8 Å². The number of nitrogens with zero attached hydrogens (tertiary/aromatic N) is 2. The Hall–Kier alpha value is -2.39. The molecule has 1 unspecified atom stereocenters. The average molecular weight is 510 g/mol. The van der Waals surface area contributed by atoms with Gasteiger partial charge >= 0.3 is 0 Å². The van der Waals surface area contributed by atoms with E-state index in [1.165, 1.54) is 4.90 Å². The molecule has 2 aromatic rings. The number of carbonyl (C=O) groups is 2. The first kappa shape index (κ1) is 24.9. The van der Waals surface area contributed by atoms with E-state index in [9.17, 15) is 18.0 Å². The molecule has 0 bridgehead atoms. The summed E-state index contributed by atoms with van der Waals surface area (Å²) >= 11 is 3.33. The van der Waals surface area contributed by atoms with Crippen LogP contribution in [0.15, 0.2) is 53.0 Å². The zero-order valence-electron chi connectivity index (χ0n) is 18.1. The molecular formula is C22H28BrN3O4S. The Bertz CT molecular complexity index is 1040. The van der Waals surface area contributed by atoms with Gasteiger partial charge in [0.05, 0.1) is 11.9 Å². The lowest BCUT2D eigenvalue weighted by Crippen LogP contribution is -2.51. The lowest BCUT2D eigenvalue weighted by molar-refractivity contribution is -0.139. The minimum Gasteiger partial charge on any atom is -0.355 e. The first-order chi connectivity index (χ1) is 14.5. The molecule has 0 aromatic heterocycles. The molecule has 2 amide bonds. The first-order valence-corrected chi connectivity index (χ1v) is 12.5. The van der Waals surface area contributed by atoms with E-state index < -0.39 is 28.5 Å². The van der Waals surface area contributed by atoms with E-state index in [1.807, 2.05) is 31.2 Å². The zero-order chi connectivity index (χ0) is 23.2. The van der Waals surface area contributed by atoms with E-state index >= 15 is 0 Å². The van der Waals surface area contributed by atoms with Gasteiger partial charge in [0.25, 0.3) is 0 Å². The predicted octanol–water partition coefficient (Wildman–Crippen LogP) is 3.08. The third kappa shape index (κ3) is 7.07. The average Bonchev–Trinajstić information content (AvgIpc) is 2.69. The normalized spacial score (nSPS) is 12.2. The number of hydrogen-bond donors (Lipinski definition) is 1. The van der Waals surface area contributed by atoms with Crippen molar-refractivity contribution in [2.24, 2.45) is 0 Å². The Morgan fingerprint density at radius 3 is 2.39 bits per heavy atom. The minimum absolute atomic E-state index is 0.189. The number of carbonyl (C=O) groups excluding carboxylic acids is 2. The molecule has 0 saturated carbocycles. The van der Waals surface area contributed by atoms with E-state index in [-0.39, 0.29) is 12.5 Å². The number of nitrogens with one attached hydrogen (secondary N) is 1. The van der Waals surface area contributed by atoms with Crippen molar-refractivity contribution in [1.29, 1.82) is 0 Å². The monoisotopic (exact) mass is 509 g/mol. The highest BCUT2D eigenvalue weighted by Crippen LogP contribution is 2.23. The number of hydrogen-bond acceptors (Lipinski definition) is 4. The molecule has 168 valence electrons. The second-order valence-electron chi connectivity index (χ2n) is 7.33. The molecule has 0 aliphatic carbocycles. The highest BCUT2D eigenvalue weighted by Gasteiger charge is 2.29. The molecule has 1 N–H and O–H groups in total. The van der Waals surface area contributed by atoms with Crippen molar-refractivity contribution in [2.45, 2.75) is 33.4 Å². The smallest absolute Gasteiger partial charge is 0.244 e. The van der Waals surface area contributed by atoms with Crippen LogP contribution in [0.1, 0.15) is 25.0 Å². The van der Waals surface area contributed by atoms with Gasteiger partial charge in [0.2, 0.25) is 21.8 Å². The summed E-state index contributed by atoms with van der Waals surface area (Å²) in [4.78, 5) is 27.2. The van der Waals surface area contributed by atoms with Crippen LogP contribution in [0.2, 0.25) is 0 Å². The number of anilines is 1. The van der Waals surface area contributed by atoms with Crippen LogP contribution in [0, 0.1) is 6.92 Å². The predicted molar refractivity (Wildman–Crippen MR) is 126 cm³/mol. The highest BCUT2D eigenvalue weighted by atomic mass is 79.9. The molecule has 0 spiro atoms. The summed E-state index contributed by atoms with van der Waals surface area (Å²) in [7, 11) is -3.73. The Morgan fingerprint density at radius 1 is 1.13 bits per heavy atom. The van der Waals surface area contributed by atoms with Crippen molar-refractivity contribution in [3.05, 3.63) is 64.1 Å². The molecule has 0 aliphatic heterocycles. The second-order valence-corrected chi connectivity index (χ2v) is 10.2. The number of likely N-dealkylation sites (N-methyl/N-ethyl adjacent to an activating group) is 1. The second kappa shape index (κ2) is 10.8. The summed E-state index contributed by atoms with van der Waals surface area (Å²) in [5.74, 6) is -0.762. The van der Waals surface area contributed by atoms with Crippen LogP contribution in [0.25, 0.3) is 0 Å². The molecule has 1 atom stereocenters. The van der Waals surface area contributed by atoms with Gasteiger partial charge in [0.15, 0.2) is 0 Å². The molecule has 31 heavy (non-hydrogen) atoms. The molecule has 7 nitrogen and oxygen atoms in total. The third-order valence-electron chi connectivity index (χ3n) is 4.73. The number of sulfonamides is 1. The summed E-state index contributed by atoms with van der Waals surface area (Å²) in [6.07, 6.45) is 1.05. The molecule has 0 radical (unpaired) electrons. The summed E-state index contributed by atoms with van der Waals surface area (Å²) in [6.45, 7) is 5.60. The van der Waals surface area contributed by atoms with Crippen molar-refractivity contribution in [2.75, 3.05) is 23.7 Å². The number of amides is 2. The van der Waals surface area contributed by atoms with E-state index in [0.29, 0.717) is 16.7 Å². The van der Waals surface area contributed by atoms with Gasteiger partial charge in [0.1, 0.15) is 12.6 Å². The maximum Gasteiger partial charge on any atom is 0.244 e. The van der Waals surface area contributed by atoms with Crippen molar-refractivity contribution in [3.63, 3.8) is 0 Å². The quantitative estimate of drug-likeness (QED) is 0.562. The molecule has 2 rings (SSSR count). The number of aryl methyl sites for hydroxylation is 1. The van der Waals surface area contributed by atoms with E-state index in [1.54, 1.807) is 38.1 Å². The summed E-state index contributed by atoms with van der Waals surface area (Å²) < 4.78 is 26.7. The molecule has 0 fully saturated rings. The van der Waals surface area contributed by atoms with Gasteiger partial charge in [0, 0.05) is 17.6 Å². The maximum absolute atomic E-state index is 13.3. The van der Waals surface area contributed by atoms with Crippen LogP contribution in [0.4, 0.5) is 5.69 Å². The zero-order valence-corrected chi connectivity index (χ0v) is 20.5. The van der Waals surface area contributed by atoms with Crippen LogP contribution in [-0.4, -0.2) is 50.5 Å². The van der Waals surface area contributed by atoms with Crippen molar-refractivity contribution in [3.8, 4) is 0 Å². The van der Waals surface area contributed by atoms with E-state index in [0.717, 1.165) is 21.7 Å². The van der Waals surface area contributed by atoms with Gasteiger partial charge in [-0.25, -0.2) is 8.42 Å². The van der Waals surface area contributed by atoms with Crippen LogP contribution >= 0.6 is 15.9 Å². The largest absolute Gasteiger partial charge is 0.355 e. The van der Waals surface area contributed by atoms with Gasteiger partial charge in [-0.05, 0) is 44.5 Å². The number of halogens is 1. The Balaban J connectivity index is 2.38. The number of benzene rings is 2. The summed E-state index contributed by atoms with van der Waals surface area (Å²) in [6, 6.07) is 13.6. The van der Waals surface area contributed by atoms with Crippen LogP contribution in [0.5, 0.6) is 0 Å². The van der Waals surface area contributed by atoms with E-state index in [4.69, 9.17) is 0 Å².